The van der Waals surface area contributed by atoms with Gasteiger partial charge in [-0.15, -0.1) is 0 Å². The van der Waals surface area contributed by atoms with Crippen LogP contribution in [-0.2, 0) is 0 Å². The van der Waals surface area contributed by atoms with Gasteiger partial charge in [-0.3, -0.25) is 4.98 Å². The summed E-state index contributed by atoms with van der Waals surface area (Å²) in [6.45, 7) is 4.00. The topological polar surface area (TPSA) is 50.8 Å². The van der Waals surface area contributed by atoms with Crippen LogP contribution in [0.15, 0.2) is 30.6 Å². The summed E-state index contributed by atoms with van der Waals surface area (Å²) < 4.78 is 5.34. The van der Waals surface area contributed by atoms with E-state index >= 15 is 0 Å². The highest BCUT2D eigenvalue weighted by Crippen LogP contribution is 2.32. The van der Waals surface area contributed by atoms with E-state index in [0.717, 1.165) is 39.3 Å². The number of pyridine rings is 1. The van der Waals surface area contributed by atoms with Gasteiger partial charge in [-0.2, -0.15) is 0 Å². The van der Waals surface area contributed by atoms with Crippen molar-refractivity contribution in [1.29, 1.82) is 0 Å². The van der Waals surface area contributed by atoms with Crippen molar-refractivity contribution in [3.8, 4) is 16.9 Å². The molecule has 0 atom stereocenters. The van der Waals surface area contributed by atoms with Gasteiger partial charge in [0, 0.05) is 17.0 Å². The molecule has 0 aliphatic rings. The normalized spacial score (nSPS) is 10.9. The first-order valence-corrected chi connectivity index (χ1v) is 6.15. The molecule has 0 radical (unpaired) electrons. The number of hydrogen-bond donors (Lipinski definition) is 1. The summed E-state index contributed by atoms with van der Waals surface area (Å²) in [7, 11) is 1.66. The van der Waals surface area contributed by atoms with Crippen LogP contribution in [0, 0.1) is 13.8 Å². The van der Waals surface area contributed by atoms with Gasteiger partial charge in [-0.05, 0) is 43.7 Å². The Morgan fingerprint density at radius 3 is 2.53 bits per heavy atom. The predicted octanol–water partition coefficient (Wildman–Crippen LogP) is 3.25. The average molecular weight is 253 g/mol. The lowest BCUT2D eigenvalue weighted by molar-refractivity contribution is 0.419. The summed E-state index contributed by atoms with van der Waals surface area (Å²) in [5.41, 5.74) is 6.08. The van der Waals surface area contributed by atoms with Crippen LogP contribution in [0.1, 0.15) is 11.4 Å². The Labute approximate surface area is 111 Å². The van der Waals surface area contributed by atoms with E-state index in [1.165, 1.54) is 0 Å². The first-order chi connectivity index (χ1) is 9.19. The van der Waals surface area contributed by atoms with Gasteiger partial charge in [-0.25, -0.2) is 4.98 Å². The molecule has 0 amide bonds. The van der Waals surface area contributed by atoms with Gasteiger partial charge in [0.15, 0.2) is 0 Å². The number of aromatic amines is 1. The van der Waals surface area contributed by atoms with Crippen molar-refractivity contribution in [3.63, 3.8) is 0 Å². The van der Waals surface area contributed by atoms with Gasteiger partial charge in [-0.1, -0.05) is 0 Å². The number of ether oxygens (including phenoxy) is 1. The minimum absolute atomic E-state index is 0.804. The summed E-state index contributed by atoms with van der Waals surface area (Å²) in [5.74, 6) is 0.804. The molecule has 96 valence electrons. The van der Waals surface area contributed by atoms with E-state index < -0.39 is 0 Å². The minimum atomic E-state index is 0.804. The number of methoxy groups -OCH3 is 1. The van der Waals surface area contributed by atoms with Crippen molar-refractivity contribution in [2.75, 3.05) is 7.11 Å². The average Bonchev–Trinajstić information content (AvgIpc) is 2.85. The van der Waals surface area contributed by atoms with E-state index in [2.05, 4.69) is 27.1 Å². The van der Waals surface area contributed by atoms with Gasteiger partial charge in [0.25, 0.3) is 0 Å². The monoisotopic (exact) mass is 253 g/mol. The zero-order valence-corrected chi connectivity index (χ0v) is 11.2. The van der Waals surface area contributed by atoms with Crippen LogP contribution in [-0.4, -0.2) is 22.1 Å². The Kier molecular flexibility index (Phi) is 2.71. The quantitative estimate of drug-likeness (QED) is 0.762. The molecule has 2 aromatic heterocycles. The fourth-order valence-corrected chi connectivity index (χ4v) is 2.40. The van der Waals surface area contributed by atoms with Crippen LogP contribution in [0.25, 0.3) is 22.2 Å². The number of aromatic nitrogens is 3. The molecule has 4 heteroatoms. The Morgan fingerprint density at radius 1 is 1.11 bits per heavy atom. The largest absolute Gasteiger partial charge is 0.494 e. The smallest absolute Gasteiger partial charge is 0.144 e. The van der Waals surface area contributed by atoms with Crippen molar-refractivity contribution in [2.45, 2.75) is 13.8 Å². The van der Waals surface area contributed by atoms with Crippen LogP contribution in [0.4, 0.5) is 0 Å². The third kappa shape index (κ3) is 1.95. The minimum Gasteiger partial charge on any atom is -0.494 e. The third-order valence-corrected chi connectivity index (χ3v) is 3.15. The Morgan fingerprint density at radius 2 is 1.84 bits per heavy atom. The van der Waals surface area contributed by atoms with E-state index in [9.17, 15) is 0 Å². The molecule has 0 unspecified atom stereocenters. The standard InChI is InChI=1S/C15H15N3O/c1-9-6-11(7-10(2)18-9)12-4-5-13(19-3)15-14(12)16-8-17-15/h4-8H,1-3H3,(H,16,17). The molecule has 3 aromatic rings. The Balaban J connectivity index is 2.28. The molecule has 0 spiro atoms. The van der Waals surface area contributed by atoms with E-state index in [1.54, 1.807) is 13.4 Å². The molecule has 0 saturated heterocycles. The second-order valence-electron chi connectivity index (χ2n) is 4.58. The zero-order chi connectivity index (χ0) is 13.4. The van der Waals surface area contributed by atoms with Gasteiger partial charge >= 0.3 is 0 Å². The SMILES string of the molecule is COc1ccc(-c2cc(C)nc(C)c2)c2nc[nH]c12. The van der Waals surface area contributed by atoms with Gasteiger partial charge in [0.1, 0.15) is 11.3 Å². The molecule has 1 N–H and O–H groups in total. The van der Waals surface area contributed by atoms with E-state index in [4.69, 9.17) is 4.74 Å². The second-order valence-corrected chi connectivity index (χ2v) is 4.58. The number of hydrogen-bond acceptors (Lipinski definition) is 3. The van der Waals surface area contributed by atoms with Crippen LogP contribution in [0.2, 0.25) is 0 Å². The summed E-state index contributed by atoms with van der Waals surface area (Å²) in [5, 5.41) is 0. The van der Waals surface area contributed by atoms with E-state index in [-0.39, 0.29) is 0 Å². The van der Waals surface area contributed by atoms with Crippen molar-refractivity contribution < 1.29 is 4.74 Å². The molecular formula is C15H15N3O. The lowest BCUT2D eigenvalue weighted by Gasteiger charge is -2.08. The Hall–Kier alpha value is -2.36. The molecular weight excluding hydrogens is 238 g/mol. The molecule has 0 aliphatic carbocycles. The maximum Gasteiger partial charge on any atom is 0.144 e. The fourth-order valence-electron chi connectivity index (χ4n) is 2.40. The molecule has 3 rings (SSSR count). The molecule has 0 bridgehead atoms. The molecule has 0 saturated carbocycles. The van der Waals surface area contributed by atoms with Crippen LogP contribution < -0.4 is 4.74 Å². The Bertz CT molecular complexity index is 726. The first kappa shape index (κ1) is 11.7. The second kappa shape index (κ2) is 4.39. The van der Waals surface area contributed by atoms with E-state index in [1.807, 2.05) is 26.0 Å². The zero-order valence-electron chi connectivity index (χ0n) is 11.2. The number of imidazole rings is 1. The maximum atomic E-state index is 5.34. The highest BCUT2D eigenvalue weighted by atomic mass is 16.5. The lowest BCUT2D eigenvalue weighted by Crippen LogP contribution is -1.90. The highest BCUT2D eigenvalue weighted by molar-refractivity contribution is 5.95. The molecule has 2 heterocycles. The van der Waals surface area contributed by atoms with Gasteiger partial charge in [0.05, 0.1) is 19.0 Å². The predicted molar refractivity (Wildman–Crippen MR) is 75.4 cm³/mol. The van der Waals surface area contributed by atoms with Gasteiger partial charge < -0.3 is 9.72 Å². The molecule has 19 heavy (non-hydrogen) atoms. The number of benzene rings is 1. The fraction of sp³-hybridized carbons (Fsp3) is 0.200. The third-order valence-electron chi connectivity index (χ3n) is 3.15. The molecule has 4 nitrogen and oxygen atoms in total. The number of nitrogens with one attached hydrogen (secondary N) is 1. The molecule has 1 aromatic carbocycles. The number of rotatable bonds is 2. The van der Waals surface area contributed by atoms with Crippen molar-refractivity contribution in [2.24, 2.45) is 0 Å². The summed E-state index contributed by atoms with van der Waals surface area (Å²) >= 11 is 0. The summed E-state index contributed by atoms with van der Waals surface area (Å²) in [6.07, 6.45) is 1.69. The van der Waals surface area contributed by atoms with E-state index in [0.29, 0.717) is 0 Å². The number of aryl methyl sites for hydroxylation is 2. The number of fused-ring (bicyclic) bond motifs is 1. The first-order valence-electron chi connectivity index (χ1n) is 6.15. The highest BCUT2D eigenvalue weighted by Gasteiger charge is 2.11. The van der Waals surface area contributed by atoms with Crippen molar-refractivity contribution >= 4 is 11.0 Å². The number of H-pyrrole nitrogens is 1. The summed E-state index contributed by atoms with van der Waals surface area (Å²) in [4.78, 5) is 11.9. The van der Waals surface area contributed by atoms with Crippen LogP contribution in [0.3, 0.4) is 0 Å². The summed E-state index contributed by atoms with van der Waals surface area (Å²) in [6, 6.07) is 8.14. The maximum absolute atomic E-state index is 5.34. The molecule has 0 fully saturated rings. The van der Waals surface area contributed by atoms with Crippen LogP contribution in [0.5, 0.6) is 5.75 Å². The van der Waals surface area contributed by atoms with Crippen molar-refractivity contribution in [3.05, 3.63) is 42.0 Å². The molecule has 0 aliphatic heterocycles. The van der Waals surface area contributed by atoms with Crippen molar-refractivity contribution in [1.82, 2.24) is 15.0 Å². The number of nitrogens with zero attached hydrogens (tertiary/aromatic N) is 2. The lowest BCUT2D eigenvalue weighted by atomic mass is 10.0. The van der Waals surface area contributed by atoms with Crippen LogP contribution >= 0.6 is 0 Å². The van der Waals surface area contributed by atoms with Gasteiger partial charge in [0.2, 0.25) is 0 Å².